The van der Waals surface area contributed by atoms with Crippen LogP contribution < -0.4 is 5.32 Å². The molecule has 9 nitrogen and oxygen atoms in total. The Balaban J connectivity index is 5.12. The first-order valence-electron chi connectivity index (χ1n) is 33.6. The number of likely N-dealkylation sites (N-methyl/N-ethyl adjacent to an activating group) is 1. The number of unbranched alkanes of at least 4 members (excludes halogenated alkanes) is 31. The van der Waals surface area contributed by atoms with E-state index in [1.165, 1.54) is 148 Å². The maximum atomic E-state index is 13.6. The molecule has 0 saturated heterocycles. The fourth-order valence-corrected chi connectivity index (χ4v) is 10.1. The van der Waals surface area contributed by atoms with E-state index in [-0.39, 0.29) is 31.5 Å². The molecule has 0 rings (SSSR count). The van der Waals surface area contributed by atoms with Gasteiger partial charge >= 0.3 is 13.8 Å². The van der Waals surface area contributed by atoms with Crippen molar-refractivity contribution in [2.45, 2.75) is 303 Å². The summed E-state index contributed by atoms with van der Waals surface area (Å²) in [6, 6.07) is -0.860. The van der Waals surface area contributed by atoms with Gasteiger partial charge in [0, 0.05) is 12.8 Å². The minimum absolute atomic E-state index is 0.0342. The van der Waals surface area contributed by atoms with Crippen molar-refractivity contribution in [3.63, 3.8) is 0 Å². The quantitative estimate of drug-likeness (QED) is 0.0156. The molecule has 0 spiro atoms. The maximum Gasteiger partial charge on any atom is 0.472 e. The molecule has 0 aliphatic heterocycles. The number of esters is 1. The second-order valence-electron chi connectivity index (χ2n) is 23.6. The van der Waals surface area contributed by atoms with Gasteiger partial charge in [0.25, 0.3) is 0 Å². The number of allylic oxidation sites excluding steroid dienone is 15. The smallest absolute Gasteiger partial charge is 0.456 e. The summed E-state index contributed by atoms with van der Waals surface area (Å²) in [6.45, 7) is 6.87. The fraction of sp³-hybridized carbons (Fsp3) is 0.746. The van der Waals surface area contributed by atoms with E-state index >= 15 is 0 Å². The zero-order chi connectivity index (χ0) is 59.3. The third kappa shape index (κ3) is 61.3. The van der Waals surface area contributed by atoms with Crippen LogP contribution in [0.4, 0.5) is 0 Å². The number of nitrogens with zero attached hydrogens (tertiary/aromatic N) is 1. The second kappa shape index (κ2) is 60.1. The lowest BCUT2D eigenvalue weighted by atomic mass is 10.0. The molecule has 0 aromatic rings. The Morgan fingerprint density at radius 3 is 1.28 bits per heavy atom. The number of carbonyl (C=O) groups excluding carboxylic acids is 2. The molecule has 0 aliphatic rings. The normalized spacial score (nSPS) is 14.2. The standard InChI is InChI=1S/C71H127N2O7P/c1-7-10-13-16-19-22-25-28-30-31-32-33-34-35-36-37-38-39-40-41-43-45-48-51-54-57-60-63-70(74)72-68(67-79-81(76,77)78-66-65-73(4,5)6)69(62-59-56-53-50-47-44-27-24-21-18-15-12-9-3)80-71(75)64-61-58-55-52-49-46-42-29-26-23-20-17-14-11-8-2/h10,13,19-20,22-23,26,28-30,32-33,35-36,59,62,68-69H,7-9,11-12,14-18,21,24-25,27,31,34,37-58,60-61,63-67H2,1-6H3,(H-,72,74,76,77)/p+1/b13-10-,22-19-,23-20+,29-26+,30-28-,33-32-,36-35-,62-59-. The number of nitrogens with one attached hydrogen (secondary N) is 1. The molecular formula is C71H128N2O7P+. The van der Waals surface area contributed by atoms with E-state index in [0.717, 1.165) is 109 Å². The minimum atomic E-state index is -4.46. The highest BCUT2D eigenvalue weighted by molar-refractivity contribution is 7.47. The molecule has 10 heteroatoms. The predicted octanol–water partition coefficient (Wildman–Crippen LogP) is 21.1. The number of ether oxygens (including phenoxy) is 1. The maximum absolute atomic E-state index is 13.6. The summed E-state index contributed by atoms with van der Waals surface area (Å²) in [5.74, 6) is -0.520. The highest BCUT2D eigenvalue weighted by atomic mass is 31.2. The largest absolute Gasteiger partial charge is 0.472 e. The van der Waals surface area contributed by atoms with Gasteiger partial charge in [0.1, 0.15) is 19.3 Å². The van der Waals surface area contributed by atoms with E-state index in [9.17, 15) is 19.0 Å². The molecule has 0 bridgehead atoms. The van der Waals surface area contributed by atoms with Crippen LogP contribution in [-0.4, -0.2) is 74.3 Å². The average molecular weight is 1150 g/mol. The summed E-state index contributed by atoms with van der Waals surface area (Å²) in [5.41, 5.74) is 0. The van der Waals surface area contributed by atoms with Gasteiger partial charge in [-0.05, 0) is 102 Å². The van der Waals surface area contributed by atoms with Crippen LogP contribution in [0.3, 0.4) is 0 Å². The number of phosphoric acid groups is 1. The zero-order valence-electron chi connectivity index (χ0n) is 53.5. The van der Waals surface area contributed by atoms with Crippen LogP contribution in [0.15, 0.2) is 97.2 Å². The van der Waals surface area contributed by atoms with Gasteiger partial charge in [0.2, 0.25) is 5.91 Å². The van der Waals surface area contributed by atoms with Gasteiger partial charge in [-0.25, -0.2) is 4.57 Å². The summed E-state index contributed by atoms with van der Waals surface area (Å²) >= 11 is 0. The third-order valence-corrected chi connectivity index (χ3v) is 15.5. The number of hydrogen-bond donors (Lipinski definition) is 2. The van der Waals surface area contributed by atoms with Gasteiger partial charge in [0.05, 0.1) is 33.8 Å². The highest BCUT2D eigenvalue weighted by Crippen LogP contribution is 2.43. The number of hydrogen-bond acceptors (Lipinski definition) is 6. The van der Waals surface area contributed by atoms with Crippen LogP contribution in [0, 0.1) is 0 Å². The molecule has 0 heterocycles. The Kier molecular flexibility index (Phi) is 57.8. The first-order chi connectivity index (χ1) is 39.4. The highest BCUT2D eigenvalue weighted by Gasteiger charge is 2.30. The lowest BCUT2D eigenvalue weighted by Gasteiger charge is -2.27. The summed E-state index contributed by atoms with van der Waals surface area (Å²) in [5, 5.41) is 3.06. The van der Waals surface area contributed by atoms with E-state index in [2.05, 4.69) is 111 Å². The summed E-state index contributed by atoms with van der Waals surface area (Å²) in [7, 11) is 1.48. The van der Waals surface area contributed by atoms with Gasteiger partial charge in [-0.1, -0.05) is 272 Å². The Morgan fingerprint density at radius 2 is 0.827 bits per heavy atom. The summed E-state index contributed by atoms with van der Waals surface area (Å²) < 4.78 is 30.8. The molecule has 0 fully saturated rings. The molecule has 0 radical (unpaired) electrons. The summed E-state index contributed by atoms with van der Waals surface area (Å²) in [4.78, 5) is 37.8. The molecular weight excluding hydrogens is 1020 g/mol. The molecule has 0 aromatic heterocycles. The first kappa shape index (κ1) is 77.9. The molecule has 0 saturated carbocycles. The van der Waals surface area contributed by atoms with E-state index in [1.807, 2.05) is 33.3 Å². The molecule has 81 heavy (non-hydrogen) atoms. The monoisotopic (exact) mass is 1150 g/mol. The summed E-state index contributed by atoms with van der Waals surface area (Å²) in [6.07, 6.45) is 81.2. The first-order valence-corrected chi connectivity index (χ1v) is 35.1. The molecule has 0 aromatic carbocycles. The predicted molar refractivity (Wildman–Crippen MR) is 350 cm³/mol. The van der Waals surface area contributed by atoms with Gasteiger partial charge < -0.3 is 19.4 Å². The van der Waals surface area contributed by atoms with Crippen molar-refractivity contribution in [2.75, 3.05) is 40.9 Å². The molecule has 468 valence electrons. The Labute approximate surface area is 500 Å². The van der Waals surface area contributed by atoms with Crippen molar-refractivity contribution in [1.82, 2.24) is 5.32 Å². The third-order valence-electron chi connectivity index (χ3n) is 14.5. The number of phosphoric ester groups is 1. The molecule has 3 unspecified atom stereocenters. The van der Waals surface area contributed by atoms with Crippen molar-refractivity contribution in [3.05, 3.63) is 97.2 Å². The van der Waals surface area contributed by atoms with Crippen molar-refractivity contribution < 1.29 is 37.3 Å². The van der Waals surface area contributed by atoms with Gasteiger partial charge in [0.15, 0.2) is 0 Å². The number of quaternary nitrogens is 1. The Hall–Kier alpha value is -3.07. The number of amides is 1. The molecule has 0 aliphatic carbocycles. The van der Waals surface area contributed by atoms with Crippen molar-refractivity contribution >= 4 is 19.7 Å². The van der Waals surface area contributed by atoms with Gasteiger partial charge in [-0.15, -0.1) is 0 Å². The fourth-order valence-electron chi connectivity index (χ4n) is 9.37. The van der Waals surface area contributed by atoms with Crippen molar-refractivity contribution in [2.24, 2.45) is 0 Å². The lowest BCUT2D eigenvalue weighted by molar-refractivity contribution is -0.870. The van der Waals surface area contributed by atoms with Crippen LogP contribution in [0.5, 0.6) is 0 Å². The van der Waals surface area contributed by atoms with Crippen molar-refractivity contribution in [3.8, 4) is 0 Å². The average Bonchev–Trinajstić information content (AvgIpc) is 3.44. The van der Waals surface area contributed by atoms with E-state index in [1.54, 1.807) is 0 Å². The zero-order valence-corrected chi connectivity index (χ0v) is 54.4. The van der Waals surface area contributed by atoms with Crippen LogP contribution in [-0.2, 0) is 27.9 Å². The van der Waals surface area contributed by atoms with E-state index in [4.69, 9.17) is 13.8 Å². The Bertz CT molecular complexity index is 1710. The van der Waals surface area contributed by atoms with E-state index < -0.39 is 20.0 Å². The van der Waals surface area contributed by atoms with Crippen LogP contribution in [0.25, 0.3) is 0 Å². The lowest BCUT2D eigenvalue weighted by Crippen LogP contribution is -2.47. The molecule has 3 atom stereocenters. The number of rotatable bonds is 60. The van der Waals surface area contributed by atoms with E-state index in [0.29, 0.717) is 17.4 Å². The van der Waals surface area contributed by atoms with Gasteiger partial charge in [-0.3, -0.25) is 18.6 Å². The molecule has 1 amide bonds. The SMILES string of the molecule is CC/C=C\C/C=C\C/C=C\C/C=C\C/C=C\CCCCCCCCCCCCCC(=O)NC(COP(=O)(O)OCC[N+](C)(C)C)C(/C=C\CCCCCCCCCCCCC)OC(=O)CCCCCCCC/C=C/C=C/CCCCC. The van der Waals surface area contributed by atoms with Gasteiger partial charge in [-0.2, -0.15) is 0 Å². The number of carbonyl (C=O) groups is 2. The van der Waals surface area contributed by atoms with Crippen LogP contribution in [0.2, 0.25) is 0 Å². The molecule has 2 N–H and O–H groups in total. The minimum Gasteiger partial charge on any atom is -0.456 e. The second-order valence-corrected chi connectivity index (χ2v) is 25.1. The van der Waals surface area contributed by atoms with Crippen LogP contribution in [0.1, 0.15) is 290 Å². The Morgan fingerprint density at radius 1 is 0.457 bits per heavy atom. The van der Waals surface area contributed by atoms with Crippen LogP contribution >= 0.6 is 7.82 Å². The van der Waals surface area contributed by atoms with Crippen molar-refractivity contribution in [1.29, 1.82) is 0 Å². The topological polar surface area (TPSA) is 111 Å².